The van der Waals surface area contributed by atoms with Crippen molar-refractivity contribution in [3.63, 3.8) is 0 Å². The second-order valence-corrected chi connectivity index (χ2v) is 17.1. The maximum absolute atomic E-state index is 13.4. The number of carbonyl (C=O) groups excluding carboxylic acids is 6. The normalized spacial score (nSPS) is 38.1. The fourth-order valence-corrected chi connectivity index (χ4v) is 8.57. The highest BCUT2D eigenvalue weighted by Gasteiger charge is 2.54. The van der Waals surface area contributed by atoms with E-state index in [2.05, 4.69) is 0 Å². The van der Waals surface area contributed by atoms with Crippen molar-refractivity contribution in [1.29, 1.82) is 0 Å². The van der Waals surface area contributed by atoms with Gasteiger partial charge in [-0.15, -0.1) is 0 Å². The van der Waals surface area contributed by atoms with Crippen LogP contribution in [-0.4, -0.2) is 153 Å². The Kier molecular flexibility index (Phi) is 21.3. The highest BCUT2D eigenvalue weighted by atomic mass is 16.7. The van der Waals surface area contributed by atoms with E-state index in [-0.39, 0.29) is 32.1 Å². The molecule has 1 N–H and O–H groups in total. The summed E-state index contributed by atoms with van der Waals surface area (Å²) < 4.78 is 60.7. The van der Waals surface area contributed by atoms with E-state index in [1.165, 1.54) is 21.0 Å². The molecule has 3 heterocycles. The van der Waals surface area contributed by atoms with Crippen LogP contribution < -0.4 is 0 Å². The van der Waals surface area contributed by atoms with Gasteiger partial charge in [-0.3, -0.25) is 24.0 Å². The molecule has 0 aromatic heterocycles. The van der Waals surface area contributed by atoms with E-state index in [0.29, 0.717) is 12.7 Å². The maximum Gasteiger partial charge on any atom is 0.309 e. The van der Waals surface area contributed by atoms with Crippen molar-refractivity contribution in [3.8, 4) is 0 Å². The van der Waals surface area contributed by atoms with Gasteiger partial charge in [0.1, 0.15) is 42.9 Å². The first-order valence-corrected chi connectivity index (χ1v) is 21.9. The summed E-state index contributed by atoms with van der Waals surface area (Å²) in [5.41, 5.74) is -1.33. The molecular weight excluding hydrogens is 826 g/mol. The SMILES string of the molecule is CCC(=O)OC1CC(=O)OC(C)C/C=C\C=C/C(OC(C)=O)C(C)CC(CC=O)C(OC2OC(C)C(OC3CC(C)(OC(C)=O)C(OC(=O)CC)C(C)O3)C(N(C)C)C2O)C1OC. The highest BCUT2D eigenvalue weighted by Crippen LogP contribution is 2.39. The number of cyclic esters (lactones) is 1. The van der Waals surface area contributed by atoms with E-state index in [0.717, 1.165) is 0 Å². The van der Waals surface area contributed by atoms with Gasteiger partial charge in [0, 0.05) is 53.1 Å². The summed E-state index contributed by atoms with van der Waals surface area (Å²) in [7, 11) is 4.82. The Morgan fingerprint density at radius 3 is 2.16 bits per heavy atom. The molecular formula is C45H71NO17. The summed E-state index contributed by atoms with van der Waals surface area (Å²) in [5, 5.41) is 12.2. The molecule has 3 aliphatic heterocycles. The molecule has 3 rings (SSSR count). The third-order valence-electron chi connectivity index (χ3n) is 11.5. The van der Waals surface area contributed by atoms with Gasteiger partial charge in [-0.2, -0.15) is 0 Å². The fourth-order valence-electron chi connectivity index (χ4n) is 8.57. The third-order valence-corrected chi connectivity index (χ3v) is 11.5. The van der Waals surface area contributed by atoms with Crippen LogP contribution in [0.2, 0.25) is 0 Å². The Balaban J connectivity index is 2.09. The van der Waals surface area contributed by atoms with Crippen molar-refractivity contribution in [2.45, 2.75) is 193 Å². The van der Waals surface area contributed by atoms with Crippen molar-refractivity contribution in [2.75, 3.05) is 21.2 Å². The first-order valence-electron chi connectivity index (χ1n) is 21.9. The summed E-state index contributed by atoms with van der Waals surface area (Å²) in [6, 6.07) is -0.833. The largest absolute Gasteiger partial charge is 0.462 e. The minimum Gasteiger partial charge on any atom is -0.462 e. The zero-order chi connectivity index (χ0) is 47.2. The van der Waals surface area contributed by atoms with Gasteiger partial charge in [-0.1, -0.05) is 39.0 Å². The minimum absolute atomic E-state index is 0.0260. The van der Waals surface area contributed by atoms with Crippen molar-refractivity contribution in [3.05, 3.63) is 24.3 Å². The van der Waals surface area contributed by atoms with Crippen molar-refractivity contribution in [1.82, 2.24) is 4.90 Å². The lowest BCUT2D eigenvalue weighted by molar-refractivity contribution is -0.344. The van der Waals surface area contributed by atoms with Gasteiger partial charge >= 0.3 is 29.8 Å². The molecule has 0 aromatic carbocycles. The summed E-state index contributed by atoms with van der Waals surface area (Å²) in [6.45, 7) is 14.4. The fraction of sp³-hybridized carbons (Fsp3) is 0.778. The number of rotatable bonds is 14. The molecule has 63 heavy (non-hydrogen) atoms. The first-order chi connectivity index (χ1) is 29.7. The number of likely N-dealkylation sites (N-methyl/N-ethyl adjacent to an activating group) is 1. The molecule has 0 bridgehead atoms. The Morgan fingerprint density at radius 2 is 1.57 bits per heavy atom. The average Bonchev–Trinajstić information content (AvgIpc) is 3.18. The number of esters is 5. The molecule has 0 aliphatic carbocycles. The Bertz CT molecular complexity index is 1590. The zero-order valence-corrected chi connectivity index (χ0v) is 38.9. The van der Waals surface area contributed by atoms with Gasteiger partial charge in [-0.05, 0) is 66.1 Å². The van der Waals surface area contributed by atoms with Crippen LogP contribution in [0.4, 0.5) is 0 Å². The number of ether oxygens (including phenoxy) is 10. The average molecular weight is 898 g/mol. The van der Waals surface area contributed by atoms with Crippen LogP contribution in [0.25, 0.3) is 0 Å². The summed E-state index contributed by atoms with van der Waals surface area (Å²) >= 11 is 0. The third kappa shape index (κ3) is 15.4. The zero-order valence-electron chi connectivity index (χ0n) is 38.9. The van der Waals surface area contributed by atoms with E-state index in [1.54, 1.807) is 84.8 Å². The lowest BCUT2D eigenvalue weighted by Crippen LogP contribution is -2.66. The number of allylic oxidation sites excluding steroid dienone is 2. The van der Waals surface area contributed by atoms with Crippen LogP contribution in [0.15, 0.2) is 24.3 Å². The number of hydrogen-bond acceptors (Lipinski definition) is 18. The molecule has 0 spiro atoms. The Hall–Kier alpha value is -3.78. The van der Waals surface area contributed by atoms with Crippen LogP contribution >= 0.6 is 0 Å². The summed E-state index contributed by atoms with van der Waals surface area (Å²) in [4.78, 5) is 77.6. The van der Waals surface area contributed by atoms with Crippen LogP contribution in [-0.2, 0) is 76.1 Å². The molecule has 2 fully saturated rings. The van der Waals surface area contributed by atoms with Crippen molar-refractivity contribution < 1.29 is 81.2 Å². The van der Waals surface area contributed by atoms with Gasteiger partial charge in [0.25, 0.3) is 0 Å². The van der Waals surface area contributed by atoms with Crippen LogP contribution in [0.3, 0.4) is 0 Å². The predicted octanol–water partition coefficient (Wildman–Crippen LogP) is 3.91. The van der Waals surface area contributed by atoms with Gasteiger partial charge in [0.05, 0.1) is 30.8 Å². The quantitative estimate of drug-likeness (QED) is 0.148. The predicted molar refractivity (Wildman–Crippen MR) is 224 cm³/mol. The topological polar surface area (TPSA) is 218 Å². The Labute approximate surface area is 371 Å². The number of aldehydes is 1. The second-order valence-electron chi connectivity index (χ2n) is 17.1. The first kappa shape index (κ1) is 53.6. The van der Waals surface area contributed by atoms with E-state index >= 15 is 0 Å². The molecule has 2 saturated heterocycles. The van der Waals surface area contributed by atoms with E-state index < -0.39 is 133 Å². The summed E-state index contributed by atoms with van der Waals surface area (Å²) in [6.07, 6.45) is -4.48. The number of aliphatic hydroxyl groups excluding tert-OH is 1. The molecule has 358 valence electrons. The molecule has 3 aliphatic rings. The van der Waals surface area contributed by atoms with Crippen molar-refractivity contribution >= 4 is 36.1 Å². The molecule has 18 nitrogen and oxygen atoms in total. The number of methoxy groups -OCH3 is 1. The molecule has 16 atom stereocenters. The van der Waals surface area contributed by atoms with Gasteiger partial charge in [-0.25, -0.2) is 0 Å². The maximum atomic E-state index is 13.4. The van der Waals surface area contributed by atoms with Gasteiger partial charge < -0.3 is 62.2 Å². The standard InChI is InChI=1S/C45H71NO17/c1-13-34(50)59-33-23-36(52)55-26(4)18-16-15-17-19-32(58-29(7)48)25(3)22-31(20-21-47)41(42(33)54-12)62-44-39(53)38(46(10)11)40(27(5)57-44)61-37-24-45(9,63-30(8)49)43(28(6)56-37)60-35(51)14-2/h15-17,19,21,25-28,31-33,37-44,53H,13-14,18,20,22-24H2,1-12H3/b16-15-,19-17-. The van der Waals surface area contributed by atoms with E-state index in [9.17, 15) is 33.9 Å². The molecule has 0 aromatic rings. The lowest BCUT2D eigenvalue weighted by Gasteiger charge is -2.50. The van der Waals surface area contributed by atoms with E-state index in [1.807, 2.05) is 6.92 Å². The number of nitrogens with zero attached hydrogens (tertiary/aromatic N) is 1. The van der Waals surface area contributed by atoms with Gasteiger partial charge in [0.15, 0.2) is 24.3 Å². The summed E-state index contributed by atoms with van der Waals surface area (Å²) in [5.74, 6) is -4.06. The smallest absolute Gasteiger partial charge is 0.309 e. The van der Waals surface area contributed by atoms with E-state index in [4.69, 9.17) is 47.4 Å². The van der Waals surface area contributed by atoms with Crippen LogP contribution in [0.5, 0.6) is 0 Å². The van der Waals surface area contributed by atoms with Gasteiger partial charge in [0.2, 0.25) is 0 Å². The molecule has 0 saturated carbocycles. The molecule has 18 heteroatoms. The van der Waals surface area contributed by atoms with Crippen molar-refractivity contribution in [2.24, 2.45) is 11.8 Å². The van der Waals surface area contributed by atoms with Crippen LogP contribution in [0.1, 0.15) is 107 Å². The molecule has 16 unspecified atom stereocenters. The lowest BCUT2D eigenvalue weighted by atomic mass is 9.82. The monoisotopic (exact) mass is 897 g/mol. The van der Waals surface area contributed by atoms with Crippen LogP contribution in [0, 0.1) is 11.8 Å². The molecule has 0 amide bonds. The number of hydrogen-bond donors (Lipinski definition) is 1. The Morgan fingerprint density at radius 1 is 0.905 bits per heavy atom. The number of carbonyl (C=O) groups is 6. The highest BCUT2D eigenvalue weighted by molar-refractivity contribution is 5.73. The molecule has 0 radical (unpaired) electrons. The number of aliphatic hydroxyl groups is 1. The minimum atomic E-state index is -1.45. The second kappa shape index (κ2) is 25.1.